The number of methoxy groups -OCH3 is 2. The highest BCUT2D eigenvalue weighted by Gasteiger charge is 2.18. The second-order valence-electron chi connectivity index (χ2n) is 3.08. The van der Waals surface area contributed by atoms with E-state index in [0.717, 1.165) is 0 Å². The monoisotopic (exact) mass is 228 g/mol. The molecule has 0 bridgehead atoms. The summed E-state index contributed by atoms with van der Waals surface area (Å²) >= 11 is 5.95. The standard InChI is InChI=1S/C11H13ClO3/c1-7(13)11(12)9-5-4-8(14-2)6-10(9)15-3/h4-6,11H,1-3H3. The van der Waals surface area contributed by atoms with Gasteiger partial charge >= 0.3 is 0 Å². The van der Waals surface area contributed by atoms with E-state index in [-0.39, 0.29) is 5.78 Å². The van der Waals surface area contributed by atoms with E-state index in [4.69, 9.17) is 21.1 Å². The summed E-state index contributed by atoms with van der Waals surface area (Å²) in [5.74, 6) is 1.12. The minimum atomic E-state index is -0.675. The van der Waals surface area contributed by atoms with Crippen molar-refractivity contribution in [2.45, 2.75) is 12.3 Å². The second-order valence-corrected chi connectivity index (χ2v) is 3.52. The van der Waals surface area contributed by atoms with Crippen molar-refractivity contribution in [2.24, 2.45) is 0 Å². The molecule has 0 aliphatic heterocycles. The van der Waals surface area contributed by atoms with Crippen molar-refractivity contribution in [1.82, 2.24) is 0 Å². The van der Waals surface area contributed by atoms with Crippen LogP contribution in [0.4, 0.5) is 0 Å². The Labute approximate surface area is 93.9 Å². The van der Waals surface area contributed by atoms with Gasteiger partial charge in [-0.15, -0.1) is 11.6 Å². The van der Waals surface area contributed by atoms with Crippen LogP contribution >= 0.6 is 11.6 Å². The molecule has 0 saturated heterocycles. The number of ether oxygens (including phenoxy) is 2. The smallest absolute Gasteiger partial charge is 0.152 e. The average Bonchev–Trinajstić information content (AvgIpc) is 2.27. The van der Waals surface area contributed by atoms with Crippen molar-refractivity contribution >= 4 is 17.4 Å². The van der Waals surface area contributed by atoms with Gasteiger partial charge in [-0.2, -0.15) is 0 Å². The fourth-order valence-electron chi connectivity index (χ4n) is 1.25. The summed E-state index contributed by atoms with van der Waals surface area (Å²) in [6, 6.07) is 5.18. The minimum Gasteiger partial charge on any atom is -0.497 e. The largest absolute Gasteiger partial charge is 0.497 e. The third-order valence-corrected chi connectivity index (χ3v) is 2.61. The molecule has 0 fully saturated rings. The lowest BCUT2D eigenvalue weighted by molar-refractivity contribution is -0.116. The van der Waals surface area contributed by atoms with Crippen LogP contribution in [-0.4, -0.2) is 20.0 Å². The van der Waals surface area contributed by atoms with E-state index in [1.54, 1.807) is 25.3 Å². The van der Waals surface area contributed by atoms with E-state index >= 15 is 0 Å². The van der Waals surface area contributed by atoms with E-state index in [2.05, 4.69) is 0 Å². The Bertz CT molecular complexity index is 363. The predicted molar refractivity (Wildman–Crippen MR) is 58.8 cm³/mol. The molecule has 15 heavy (non-hydrogen) atoms. The first-order valence-electron chi connectivity index (χ1n) is 4.46. The zero-order chi connectivity index (χ0) is 11.4. The fraction of sp³-hybridized carbons (Fsp3) is 0.364. The van der Waals surface area contributed by atoms with Gasteiger partial charge in [0.2, 0.25) is 0 Å². The Kier molecular flexibility index (Phi) is 3.97. The maximum Gasteiger partial charge on any atom is 0.152 e. The Morgan fingerprint density at radius 2 is 2.00 bits per heavy atom. The van der Waals surface area contributed by atoms with Gasteiger partial charge in [-0.25, -0.2) is 0 Å². The Balaban J connectivity index is 3.12. The molecule has 82 valence electrons. The Morgan fingerprint density at radius 1 is 1.33 bits per heavy atom. The lowest BCUT2D eigenvalue weighted by Gasteiger charge is -2.12. The summed E-state index contributed by atoms with van der Waals surface area (Å²) in [6.07, 6.45) is 0. The van der Waals surface area contributed by atoms with Gasteiger partial charge in [-0.1, -0.05) is 0 Å². The Hall–Kier alpha value is -1.22. The number of Topliss-reactive ketones (excluding diaryl/α,β-unsaturated/α-hetero) is 1. The van der Waals surface area contributed by atoms with Crippen molar-refractivity contribution in [3.63, 3.8) is 0 Å². The van der Waals surface area contributed by atoms with Gasteiger partial charge in [0.25, 0.3) is 0 Å². The minimum absolute atomic E-state index is 0.111. The zero-order valence-electron chi connectivity index (χ0n) is 8.91. The maximum absolute atomic E-state index is 11.1. The van der Waals surface area contributed by atoms with Crippen molar-refractivity contribution in [1.29, 1.82) is 0 Å². The van der Waals surface area contributed by atoms with Gasteiger partial charge in [0, 0.05) is 11.6 Å². The number of ketones is 1. The molecule has 0 radical (unpaired) electrons. The van der Waals surface area contributed by atoms with E-state index in [9.17, 15) is 4.79 Å². The number of benzene rings is 1. The lowest BCUT2D eigenvalue weighted by atomic mass is 10.1. The van der Waals surface area contributed by atoms with E-state index < -0.39 is 5.38 Å². The van der Waals surface area contributed by atoms with Crippen LogP contribution in [0.15, 0.2) is 18.2 Å². The van der Waals surface area contributed by atoms with Crippen LogP contribution in [0.25, 0.3) is 0 Å². The van der Waals surface area contributed by atoms with Gasteiger partial charge in [0.15, 0.2) is 5.78 Å². The van der Waals surface area contributed by atoms with Crippen LogP contribution in [0.1, 0.15) is 17.9 Å². The van der Waals surface area contributed by atoms with E-state index in [1.165, 1.54) is 14.0 Å². The molecule has 0 heterocycles. The second kappa shape index (κ2) is 5.03. The average molecular weight is 229 g/mol. The molecule has 1 aromatic rings. The molecule has 0 amide bonds. The normalized spacial score (nSPS) is 12.0. The molecule has 1 unspecified atom stereocenters. The molecule has 0 aliphatic carbocycles. The highest BCUT2D eigenvalue weighted by molar-refractivity contribution is 6.31. The highest BCUT2D eigenvalue weighted by Crippen LogP contribution is 2.33. The quantitative estimate of drug-likeness (QED) is 0.743. The Morgan fingerprint density at radius 3 is 2.47 bits per heavy atom. The predicted octanol–water partition coefficient (Wildman–Crippen LogP) is 2.57. The van der Waals surface area contributed by atoms with Crippen molar-refractivity contribution in [3.8, 4) is 11.5 Å². The van der Waals surface area contributed by atoms with E-state index in [1.807, 2.05) is 0 Å². The number of alkyl halides is 1. The van der Waals surface area contributed by atoms with Crippen LogP contribution in [0.3, 0.4) is 0 Å². The first kappa shape index (κ1) is 11.9. The highest BCUT2D eigenvalue weighted by atomic mass is 35.5. The first-order valence-corrected chi connectivity index (χ1v) is 4.90. The van der Waals surface area contributed by atoms with Crippen molar-refractivity contribution < 1.29 is 14.3 Å². The molecule has 1 rings (SSSR count). The molecule has 0 spiro atoms. The fourth-order valence-corrected chi connectivity index (χ4v) is 1.43. The SMILES string of the molecule is COc1ccc(C(Cl)C(C)=O)c(OC)c1. The maximum atomic E-state index is 11.1. The van der Waals surface area contributed by atoms with Crippen LogP contribution < -0.4 is 9.47 Å². The van der Waals surface area contributed by atoms with Gasteiger partial charge < -0.3 is 9.47 Å². The summed E-state index contributed by atoms with van der Waals surface area (Å²) in [6.45, 7) is 1.45. The van der Waals surface area contributed by atoms with Gasteiger partial charge in [0.05, 0.1) is 14.2 Å². The number of carbonyl (C=O) groups is 1. The molecule has 0 aromatic heterocycles. The van der Waals surface area contributed by atoms with E-state index in [0.29, 0.717) is 17.1 Å². The molecular formula is C11H13ClO3. The number of hydrogen-bond donors (Lipinski definition) is 0. The van der Waals surface area contributed by atoms with Gasteiger partial charge in [0.1, 0.15) is 16.9 Å². The summed E-state index contributed by atoms with van der Waals surface area (Å²) in [5, 5.41) is -0.675. The van der Waals surface area contributed by atoms with Crippen LogP contribution in [-0.2, 0) is 4.79 Å². The number of halogens is 1. The topological polar surface area (TPSA) is 35.5 Å². The zero-order valence-corrected chi connectivity index (χ0v) is 9.67. The van der Waals surface area contributed by atoms with Gasteiger partial charge in [-0.05, 0) is 19.1 Å². The molecule has 0 N–H and O–H groups in total. The van der Waals surface area contributed by atoms with Crippen LogP contribution in [0.5, 0.6) is 11.5 Å². The third-order valence-electron chi connectivity index (χ3n) is 2.07. The third kappa shape index (κ3) is 2.63. The molecule has 1 atom stereocenters. The summed E-state index contributed by atoms with van der Waals surface area (Å²) in [4.78, 5) is 11.1. The number of carbonyl (C=O) groups excluding carboxylic acids is 1. The molecule has 0 saturated carbocycles. The number of hydrogen-bond acceptors (Lipinski definition) is 3. The van der Waals surface area contributed by atoms with Crippen LogP contribution in [0.2, 0.25) is 0 Å². The van der Waals surface area contributed by atoms with Gasteiger partial charge in [-0.3, -0.25) is 4.79 Å². The molecule has 3 nitrogen and oxygen atoms in total. The summed E-state index contributed by atoms with van der Waals surface area (Å²) in [5.41, 5.74) is 0.660. The summed E-state index contributed by atoms with van der Waals surface area (Å²) in [7, 11) is 3.10. The summed E-state index contributed by atoms with van der Waals surface area (Å²) < 4.78 is 10.2. The lowest BCUT2D eigenvalue weighted by Crippen LogP contribution is -2.04. The molecular weight excluding hydrogens is 216 g/mol. The first-order chi connectivity index (χ1) is 7.10. The molecule has 4 heteroatoms. The number of rotatable bonds is 4. The molecule has 0 aliphatic rings. The molecule has 1 aromatic carbocycles. The van der Waals surface area contributed by atoms with Crippen molar-refractivity contribution in [2.75, 3.05) is 14.2 Å². The van der Waals surface area contributed by atoms with Crippen molar-refractivity contribution in [3.05, 3.63) is 23.8 Å². The van der Waals surface area contributed by atoms with Crippen LogP contribution in [0, 0.1) is 0 Å².